The number of alkyl halides is 2. The fraction of sp³-hybridized carbons (Fsp3) is 0.296. The van der Waals surface area contributed by atoms with Gasteiger partial charge in [-0.1, -0.05) is 12.1 Å². The van der Waals surface area contributed by atoms with Gasteiger partial charge in [-0.2, -0.15) is 5.26 Å². The van der Waals surface area contributed by atoms with Crippen LogP contribution in [0.5, 0.6) is 0 Å². The van der Waals surface area contributed by atoms with Crippen LogP contribution >= 0.6 is 0 Å². The van der Waals surface area contributed by atoms with Crippen molar-refractivity contribution in [3.8, 4) is 17.2 Å². The Morgan fingerprint density at radius 1 is 1.16 bits per heavy atom. The van der Waals surface area contributed by atoms with Crippen molar-refractivity contribution in [3.63, 3.8) is 0 Å². The quantitative estimate of drug-likeness (QED) is 0.564. The average molecular weight is 504 g/mol. The lowest BCUT2D eigenvalue weighted by molar-refractivity contribution is -0.139. The Balaban J connectivity index is 1.35. The van der Waals surface area contributed by atoms with Gasteiger partial charge in [0.1, 0.15) is 6.04 Å². The predicted octanol–water partition coefficient (Wildman–Crippen LogP) is 3.67. The highest BCUT2D eigenvalue weighted by Crippen LogP contribution is 2.32. The second kappa shape index (κ2) is 9.58. The fourth-order valence-electron chi connectivity index (χ4n) is 4.79. The number of halogens is 2. The van der Waals surface area contributed by atoms with Gasteiger partial charge in [-0.05, 0) is 53.4 Å². The topological polar surface area (TPSA) is 115 Å². The van der Waals surface area contributed by atoms with Crippen molar-refractivity contribution < 1.29 is 23.2 Å². The standard InChI is InChI=1S/C27H23F2N5O3/c28-27(29)8-10-34(19(13-27)14-30)25(36)15-32-26(37)20-7-9-31-23-5-2-17(12-21(20)23)16-1-4-22-18(11-16)3-6-24(35)33-22/h1-2,4-5,7,9,11-12,19H,3,6,8,10,13,15H2,(H,32,37)(H,33,35). The van der Waals surface area contributed by atoms with Crippen molar-refractivity contribution in [3.05, 3.63) is 59.8 Å². The number of hydrogen-bond donors (Lipinski definition) is 2. The predicted molar refractivity (Wildman–Crippen MR) is 132 cm³/mol. The van der Waals surface area contributed by atoms with Crippen LogP contribution in [0.4, 0.5) is 14.5 Å². The number of likely N-dealkylation sites (tertiary alicyclic amines) is 1. The molecule has 188 valence electrons. The SMILES string of the molecule is N#CC1CC(F)(F)CCN1C(=O)CNC(=O)c1ccnc2ccc(-c3ccc4c(c3)CCC(=O)N4)cc12. The number of fused-ring (bicyclic) bond motifs is 2. The maximum absolute atomic E-state index is 13.6. The van der Waals surface area contributed by atoms with E-state index in [0.717, 1.165) is 27.3 Å². The lowest BCUT2D eigenvalue weighted by Gasteiger charge is -2.35. The number of nitrogens with one attached hydrogen (secondary N) is 2. The molecular formula is C27H23F2N5O3. The summed E-state index contributed by atoms with van der Waals surface area (Å²) in [6.45, 7) is -0.658. The highest BCUT2D eigenvalue weighted by Gasteiger charge is 2.42. The number of hydrogen-bond acceptors (Lipinski definition) is 5. The number of carbonyl (C=O) groups is 3. The minimum Gasteiger partial charge on any atom is -0.343 e. The minimum absolute atomic E-state index is 0.00691. The maximum Gasteiger partial charge on any atom is 0.252 e. The Morgan fingerprint density at radius 3 is 2.76 bits per heavy atom. The zero-order chi connectivity index (χ0) is 26.2. The van der Waals surface area contributed by atoms with Crippen LogP contribution in [0.1, 0.15) is 35.2 Å². The Kier molecular flexibility index (Phi) is 6.29. The average Bonchev–Trinajstić information content (AvgIpc) is 2.90. The van der Waals surface area contributed by atoms with E-state index in [4.69, 9.17) is 0 Å². The molecule has 2 aliphatic rings. The largest absolute Gasteiger partial charge is 0.343 e. The Labute approximate surface area is 211 Å². The maximum atomic E-state index is 13.6. The van der Waals surface area contributed by atoms with Gasteiger partial charge in [0.25, 0.3) is 11.8 Å². The van der Waals surface area contributed by atoms with E-state index >= 15 is 0 Å². The van der Waals surface area contributed by atoms with Crippen LogP contribution < -0.4 is 10.6 Å². The highest BCUT2D eigenvalue weighted by molar-refractivity contribution is 6.07. The Morgan fingerprint density at radius 2 is 1.95 bits per heavy atom. The van der Waals surface area contributed by atoms with Crippen molar-refractivity contribution >= 4 is 34.3 Å². The van der Waals surface area contributed by atoms with Gasteiger partial charge in [0.15, 0.2) is 0 Å². The molecule has 1 aromatic heterocycles. The molecule has 0 aliphatic carbocycles. The smallest absolute Gasteiger partial charge is 0.252 e. The van der Waals surface area contributed by atoms with Crippen LogP contribution in [0.25, 0.3) is 22.0 Å². The molecule has 1 atom stereocenters. The molecule has 2 N–H and O–H groups in total. The van der Waals surface area contributed by atoms with E-state index in [9.17, 15) is 28.4 Å². The molecule has 37 heavy (non-hydrogen) atoms. The van der Waals surface area contributed by atoms with Crippen LogP contribution in [0, 0.1) is 11.3 Å². The first-order chi connectivity index (χ1) is 17.7. The van der Waals surface area contributed by atoms with Crippen molar-refractivity contribution in [2.75, 3.05) is 18.4 Å². The van der Waals surface area contributed by atoms with Crippen molar-refractivity contribution in [2.45, 2.75) is 37.6 Å². The molecule has 3 heterocycles. The van der Waals surface area contributed by atoms with Gasteiger partial charge in [-0.15, -0.1) is 0 Å². The Bertz CT molecular complexity index is 1470. The molecule has 0 spiro atoms. The molecule has 1 fully saturated rings. The first kappa shape index (κ1) is 24.3. The summed E-state index contributed by atoms with van der Waals surface area (Å²) in [5.74, 6) is -4.09. The molecule has 0 radical (unpaired) electrons. The summed E-state index contributed by atoms with van der Waals surface area (Å²) in [6, 6.07) is 13.4. The molecule has 2 aromatic carbocycles. The van der Waals surface area contributed by atoms with Gasteiger partial charge in [-0.3, -0.25) is 19.4 Å². The number of rotatable bonds is 4. The summed E-state index contributed by atoms with van der Waals surface area (Å²) in [5, 5.41) is 15.2. The summed E-state index contributed by atoms with van der Waals surface area (Å²) in [6.07, 6.45) is 1.34. The third-order valence-corrected chi connectivity index (χ3v) is 6.78. The van der Waals surface area contributed by atoms with E-state index in [1.165, 1.54) is 6.20 Å². The molecule has 10 heteroatoms. The van der Waals surface area contributed by atoms with Crippen LogP contribution in [-0.2, 0) is 16.0 Å². The summed E-state index contributed by atoms with van der Waals surface area (Å²) in [7, 11) is 0. The highest BCUT2D eigenvalue weighted by atomic mass is 19.3. The first-order valence-corrected chi connectivity index (χ1v) is 11.9. The summed E-state index contributed by atoms with van der Waals surface area (Å²) in [4.78, 5) is 42.7. The zero-order valence-electron chi connectivity index (χ0n) is 19.8. The number of anilines is 1. The molecule has 1 unspecified atom stereocenters. The van der Waals surface area contributed by atoms with E-state index in [1.807, 2.05) is 30.3 Å². The second-order valence-corrected chi connectivity index (χ2v) is 9.24. The van der Waals surface area contributed by atoms with Gasteiger partial charge in [-0.25, -0.2) is 8.78 Å². The zero-order valence-corrected chi connectivity index (χ0v) is 19.8. The molecule has 3 amide bonds. The van der Waals surface area contributed by atoms with E-state index < -0.39 is 43.2 Å². The number of nitriles is 1. The number of carbonyl (C=O) groups excluding carboxylic acids is 3. The molecule has 0 bridgehead atoms. The third kappa shape index (κ3) is 4.98. The van der Waals surface area contributed by atoms with Crippen LogP contribution in [0.3, 0.4) is 0 Å². The molecular weight excluding hydrogens is 480 g/mol. The van der Waals surface area contributed by atoms with Crippen LogP contribution in [0.2, 0.25) is 0 Å². The summed E-state index contributed by atoms with van der Waals surface area (Å²) >= 11 is 0. The molecule has 3 aromatic rings. The summed E-state index contributed by atoms with van der Waals surface area (Å²) in [5.41, 5.74) is 4.51. The molecule has 5 rings (SSSR count). The number of benzene rings is 2. The first-order valence-electron chi connectivity index (χ1n) is 11.9. The van der Waals surface area contributed by atoms with Gasteiger partial charge >= 0.3 is 0 Å². The summed E-state index contributed by atoms with van der Waals surface area (Å²) < 4.78 is 27.3. The van der Waals surface area contributed by atoms with E-state index in [1.54, 1.807) is 18.2 Å². The molecule has 8 nitrogen and oxygen atoms in total. The van der Waals surface area contributed by atoms with Crippen LogP contribution in [0.15, 0.2) is 48.7 Å². The minimum atomic E-state index is -2.99. The molecule has 1 saturated heterocycles. The molecule has 2 aliphatic heterocycles. The third-order valence-electron chi connectivity index (χ3n) is 6.78. The lowest BCUT2D eigenvalue weighted by Crippen LogP contribution is -2.51. The van der Waals surface area contributed by atoms with E-state index in [2.05, 4.69) is 15.6 Å². The van der Waals surface area contributed by atoms with Crippen molar-refractivity contribution in [1.29, 1.82) is 5.26 Å². The number of pyridine rings is 1. The van der Waals surface area contributed by atoms with Gasteiger partial charge in [0.2, 0.25) is 11.8 Å². The number of aromatic nitrogens is 1. The normalized spacial score (nSPS) is 18.5. The number of nitrogens with zero attached hydrogens (tertiary/aromatic N) is 3. The number of amides is 3. The number of piperidine rings is 1. The fourth-order valence-corrected chi connectivity index (χ4v) is 4.79. The van der Waals surface area contributed by atoms with Gasteiger partial charge in [0, 0.05) is 43.1 Å². The monoisotopic (exact) mass is 503 g/mol. The van der Waals surface area contributed by atoms with Gasteiger partial charge < -0.3 is 15.5 Å². The van der Waals surface area contributed by atoms with Crippen molar-refractivity contribution in [2.24, 2.45) is 0 Å². The Hall–Kier alpha value is -4.39. The van der Waals surface area contributed by atoms with Crippen molar-refractivity contribution in [1.82, 2.24) is 15.2 Å². The molecule has 0 saturated carbocycles. The van der Waals surface area contributed by atoms with E-state index in [0.29, 0.717) is 29.3 Å². The van der Waals surface area contributed by atoms with Crippen LogP contribution in [-0.4, -0.2) is 52.7 Å². The van der Waals surface area contributed by atoms with Gasteiger partial charge in [0.05, 0.1) is 23.7 Å². The number of aryl methyl sites for hydroxylation is 1. The lowest BCUT2D eigenvalue weighted by atomic mass is 9.95. The van der Waals surface area contributed by atoms with E-state index in [-0.39, 0.29) is 12.5 Å². The second-order valence-electron chi connectivity index (χ2n) is 9.24.